The van der Waals surface area contributed by atoms with E-state index in [1.807, 2.05) is 54.6 Å². The first-order valence-electron chi connectivity index (χ1n) is 6.60. The number of sulfonamides is 1. The van der Waals surface area contributed by atoms with Crippen LogP contribution in [-0.4, -0.2) is 8.42 Å². The predicted molar refractivity (Wildman–Crippen MR) is 85.6 cm³/mol. The van der Waals surface area contributed by atoms with Crippen molar-refractivity contribution in [2.75, 3.05) is 0 Å². The topological polar surface area (TPSA) is 72.2 Å². The van der Waals surface area contributed by atoms with E-state index in [1.54, 1.807) is 6.08 Å². The first kappa shape index (κ1) is 15.4. The second kappa shape index (κ2) is 7.17. The number of hydrogen-bond donors (Lipinski definition) is 2. The fourth-order valence-corrected chi connectivity index (χ4v) is 2.68. The van der Waals surface area contributed by atoms with E-state index in [0.717, 1.165) is 16.7 Å². The summed E-state index contributed by atoms with van der Waals surface area (Å²) in [4.78, 5) is 0. The average molecular weight is 302 g/mol. The summed E-state index contributed by atoms with van der Waals surface area (Å²) in [6.07, 6.45) is 1.57. The molecule has 0 heterocycles. The molecule has 0 bridgehead atoms. The standard InChI is InChI=1S/C16H18N2O2S/c17-12-15-8-4-5-9-16(15)13-18-21(19,20)11-10-14-6-2-1-3-7-14/h1-11,18H,12-13,17H2. The van der Waals surface area contributed by atoms with Crippen molar-refractivity contribution in [1.29, 1.82) is 0 Å². The lowest BCUT2D eigenvalue weighted by Crippen LogP contribution is -2.21. The van der Waals surface area contributed by atoms with Crippen LogP contribution in [0.4, 0.5) is 0 Å². The molecular formula is C16H18N2O2S. The summed E-state index contributed by atoms with van der Waals surface area (Å²) in [7, 11) is -3.47. The van der Waals surface area contributed by atoms with Crippen molar-refractivity contribution in [3.05, 3.63) is 76.7 Å². The number of rotatable bonds is 6. The summed E-state index contributed by atoms with van der Waals surface area (Å²) in [6, 6.07) is 16.8. The van der Waals surface area contributed by atoms with Crippen LogP contribution in [-0.2, 0) is 23.1 Å². The van der Waals surface area contributed by atoms with Gasteiger partial charge in [-0.05, 0) is 22.8 Å². The molecule has 0 saturated heterocycles. The highest BCUT2D eigenvalue weighted by molar-refractivity contribution is 7.92. The largest absolute Gasteiger partial charge is 0.326 e. The Hall–Kier alpha value is -1.95. The Balaban J connectivity index is 2.03. The third-order valence-electron chi connectivity index (χ3n) is 3.04. The lowest BCUT2D eigenvalue weighted by atomic mass is 10.1. The molecule has 0 aliphatic carbocycles. The van der Waals surface area contributed by atoms with Crippen LogP contribution < -0.4 is 10.5 Å². The molecule has 3 N–H and O–H groups in total. The van der Waals surface area contributed by atoms with Gasteiger partial charge in [0.25, 0.3) is 0 Å². The molecule has 0 fully saturated rings. The summed E-state index contributed by atoms with van der Waals surface area (Å²) in [5, 5.41) is 1.17. The second-order valence-electron chi connectivity index (χ2n) is 4.55. The summed E-state index contributed by atoms with van der Waals surface area (Å²) in [5.41, 5.74) is 8.29. The van der Waals surface area contributed by atoms with Crippen molar-refractivity contribution in [3.63, 3.8) is 0 Å². The van der Waals surface area contributed by atoms with Crippen LogP contribution in [0.25, 0.3) is 6.08 Å². The number of nitrogens with one attached hydrogen (secondary N) is 1. The minimum absolute atomic E-state index is 0.231. The van der Waals surface area contributed by atoms with Crippen LogP contribution in [0, 0.1) is 0 Å². The van der Waals surface area contributed by atoms with Crippen LogP contribution >= 0.6 is 0 Å². The summed E-state index contributed by atoms with van der Waals surface area (Å²) < 4.78 is 26.4. The van der Waals surface area contributed by atoms with Gasteiger partial charge in [-0.3, -0.25) is 0 Å². The molecule has 0 radical (unpaired) electrons. The Morgan fingerprint density at radius 2 is 1.57 bits per heavy atom. The fraction of sp³-hybridized carbons (Fsp3) is 0.125. The monoisotopic (exact) mass is 302 g/mol. The lowest BCUT2D eigenvalue weighted by Gasteiger charge is -2.08. The molecule has 0 aromatic heterocycles. The van der Waals surface area contributed by atoms with Gasteiger partial charge in [0.2, 0.25) is 10.0 Å². The smallest absolute Gasteiger partial charge is 0.234 e. The molecule has 2 rings (SSSR count). The van der Waals surface area contributed by atoms with Crippen LogP contribution in [0.1, 0.15) is 16.7 Å². The fourth-order valence-electron chi connectivity index (χ4n) is 1.89. The van der Waals surface area contributed by atoms with Gasteiger partial charge in [-0.15, -0.1) is 0 Å². The molecule has 0 spiro atoms. The van der Waals surface area contributed by atoms with Gasteiger partial charge in [0.15, 0.2) is 0 Å². The molecule has 0 unspecified atom stereocenters. The molecule has 0 atom stereocenters. The van der Waals surface area contributed by atoms with Crippen molar-refractivity contribution in [2.45, 2.75) is 13.1 Å². The molecule has 0 saturated carbocycles. The molecule has 4 nitrogen and oxygen atoms in total. The predicted octanol–water partition coefficient (Wildman–Crippen LogP) is 2.24. The molecule has 2 aromatic carbocycles. The van der Waals surface area contributed by atoms with Crippen LogP contribution in [0.15, 0.2) is 60.0 Å². The van der Waals surface area contributed by atoms with E-state index in [-0.39, 0.29) is 6.54 Å². The van der Waals surface area contributed by atoms with E-state index in [2.05, 4.69) is 4.72 Å². The van der Waals surface area contributed by atoms with Gasteiger partial charge < -0.3 is 5.73 Å². The van der Waals surface area contributed by atoms with Crippen LogP contribution in [0.2, 0.25) is 0 Å². The van der Waals surface area contributed by atoms with E-state index in [4.69, 9.17) is 5.73 Å². The molecule has 0 aliphatic rings. The van der Waals surface area contributed by atoms with E-state index >= 15 is 0 Å². The van der Waals surface area contributed by atoms with E-state index in [0.29, 0.717) is 6.54 Å². The first-order valence-corrected chi connectivity index (χ1v) is 8.15. The van der Waals surface area contributed by atoms with Crippen molar-refractivity contribution in [3.8, 4) is 0 Å². The third-order valence-corrected chi connectivity index (χ3v) is 4.08. The van der Waals surface area contributed by atoms with Crippen molar-refractivity contribution >= 4 is 16.1 Å². The Kier molecular flexibility index (Phi) is 5.27. The molecule has 5 heteroatoms. The maximum absolute atomic E-state index is 11.9. The zero-order chi connectivity index (χ0) is 15.1. The molecular weight excluding hydrogens is 284 g/mol. The van der Waals surface area contributed by atoms with Gasteiger partial charge >= 0.3 is 0 Å². The molecule has 0 aliphatic heterocycles. The third kappa shape index (κ3) is 4.82. The second-order valence-corrected chi connectivity index (χ2v) is 6.20. The van der Waals surface area contributed by atoms with Gasteiger partial charge in [-0.2, -0.15) is 0 Å². The van der Waals surface area contributed by atoms with Crippen molar-refractivity contribution in [1.82, 2.24) is 4.72 Å². The van der Waals surface area contributed by atoms with E-state index in [9.17, 15) is 8.42 Å². The van der Waals surface area contributed by atoms with Crippen LogP contribution in [0.3, 0.4) is 0 Å². The van der Waals surface area contributed by atoms with E-state index in [1.165, 1.54) is 5.41 Å². The highest BCUT2D eigenvalue weighted by Gasteiger charge is 2.07. The first-order chi connectivity index (χ1) is 10.1. The Labute approximate surface area is 125 Å². The SMILES string of the molecule is NCc1ccccc1CNS(=O)(=O)C=Cc1ccccc1. The minimum atomic E-state index is -3.47. The highest BCUT2D eigenvalue weighted by atomic mass is 32.2. The maximum Gasteiger partial charge on any atom is 0.234 e. The number of nitrogens with two attached hydrogens (primary N) is 1. The number of benzene rings is 2. The average Bonchev–Trinajstić information content (AvgIpc) is 2.52. The summed E-state index contributed by atoms with van der Waals surface area (Å²) in [6.45, 7) is 0.618. The molecule has 0 amide bonds. The van der Waals surface area contributed by atoms with Gasteiger partial charge in [0, 0.05) is 18.5 Å². The van der Waals surface area contributed by atoms with E-state index < -0.39 is 10.0 Å². The van der Waals surface area contributed by atoms with Crippen molar-refractivity contribution in [2.24, 2.45) is 5.73 Å². The van der Waals surface area contributed by atoms with Gasteiger partial charge in [-0.1, -0.05) is 54.6 Å². The minimum Gasteiger partial charge on any atom is -0.326 e. The van der Waals surface area contributed by atoms with Gasteiger partial charge in [0.1, 0.15) is 0 Å². The maximum atomic E-state index is 11.9. The lowest BCUT2D eigenvalue weighted by molar-refractivity contribution is 0.590. The molecule has 2 aromatic rings. The molecule has 21 heavy (non-hydrogen) atoms. The summed E-state index contributed by atoms with van der Waals surface area (Å²) >= 11 is 0. The van der Waals surface area contributed by atoms with Gasteiger partial charge in [0.05, 0.1) is 0 Å². The normalized spacial score (nSPS) is 11.9. The molecule has 110 valence electrons. The quantitative estimate of drug-likeness (QED) is 0.859. The Morgan fingerprint density at radius 3 is 2.24 bits per heavy atom. The van der Waals surface area contributed by atoms with Crippen LogP contribution in [0.5, 0.6) is 0 Å². The Bertz CT molecular complexity index is 710. The Morgan fingerprint density at radius 1 is 0.952 bits per heavy atom. The van der Waals surface area contributed by atoms with Gasteiger partial charge in [-0.25, -0.2) is 13.1 Å². The zero-order valence-electron chi connectivity index (χ0n) is 11.6. The zero-order valence-corrected chi connectivity index (χ0v) is 12.4. The summed E-state index contributed by atoms with van der Waals surface area (Å²) in [5.74, 6) is 0. The highest BCUT2D eigenvalue weighted by Crippen LogP contribution is 2.08. The van der Waals surface area contributed by atoms with Crippen molar-refractivity contribution < 1.29 is 8.42 Å². The number of hydrogen-bond acceptors (Lipinski definition) is 3.